The van der Waals surface area contributed by atoms with Gasteiger partial charge in [-0.1, -0.05) is 6.07 Å². The first-order chi connectivity index (χ1) is 13.6. The maximum Gasteiger partial charge on any atom is 0.416 e. The van der Waals surface area contributed by atoms with Crippen LogP contribution in [0.2, 0.25) is 0 Å². The van der Waals surface area contributed by atoms with Gasteiger partial charge in [-0.3, -0.25) is 4.79 Å². The minimum absolute atomic E-state index is 0.126. The molecule has 0 atom stereocenters. The van der Waals surface area contributed by atoms with E-state index in [9.17, 15) is 26.4 Å². The molecule has 158 valence electrons. The molecule has 0 bridgehead atoms. The molecule has 0 spiro atoms. The van der Waals surface area contributed by atoms with Crippen LogP contribution < -0.4 is 10.0 Å². The fraction of sp³-hybridized carbons (Fsp3) is 0.375. The Kier molecular flexibility index (Phi) is 6.12. The molecule has 8 nitrogen and oxygen atoms in total. The number of alkyl halides is 3. The predicted molar refractivity (Wildman–Crippen MR) is 100 cm³/mol. The van der Waals surface area contributed by atoms with Gasteiger partial charge in [0.2, 0.25) is 0 Å². The first kappa shape index (κ1) is 21.5. The highest BCUT2D eigenvalue weighted by atomic mass is 32.2. The largest absolute Gasteiger partial charge is 0.416 e. The van der Waals surface area contributed by atoms with E-state index >= 15 is 0 Å². The van der Waals surface area contributed by atoms with Crippen LogP contribution in [0.4, 0.5) is 24.0 Å². The number of thiazole rings is 1. The van der Waals surface area contributed by atoms with E-state index in [0.29, 0.717) is 5.56 Å². The van der Waals surface area contributed by atoms with E-state index in [-0.39, 0.29) is 42.8 Å². The Bertz CT molecular complexity index is 1000. The first-order valence-corrected chi connectivity index (χ1v) is 10.7. The molecule has 3 rings (SSSR count). The number of halogens is 3. The van der Waals surface area contributed by atoms with Crippen LogP contribution in [0.15, 0.2) is 23.6 Å². The zero-order valence-electron chi connectivity index (χ0n) is 15.1. The Balaban J connectivity index is 1.72. The van der Waals surface area contributed by atoms with Gasteiger partial charge in [0.1, 0.15) is 5.69 Å². The van der Waals surface area contributed by atoms with Crippen molar-refractivity contribution in [2.24, 2.45) is 0 Å². The number of rotatable bonds is 5. The van der Waals surface area contributed by atoms with E-state index in [1.165, 1.54) is 11.4 Å². The van der Waals surface area contributed by atoms with Crippen LogP contribution in [-0.2, 0) is 21.1 Å². The summed E-state index contributed by atoms with van der Waals surface area (Å²) in [5.41, 5.74) is -0.258. The van der Waals surface area contributed by atoms with Crippen molar-refractivity contribution in [3.05, 3.63) is 40.4 Å². The minimum atomic E-state index is -4.49. The number of anilines is 2. The van der Waals surface area contributed by atoms with E-state index in [1.54, 1.807) is 6.92 Å². The van der Waals surface area contributed by atoms with Crippen LogP contribution in [-0.4, -0.2) is 49.9 Å². The normalized spacial score (nSPS) is 15.9. The zero-order chi connectivity index (χ0) is 21.2. The fourth-order valence-corrected chi connectivity index (χ4v) is 4.31. The van der Waals surface area contributed by atoms with Crippen LogP contribution in [0.3, 0.4) is 0 Å². The molecule has 13 heteroatoms. The quantitative estimate of drug-likeness (QED) is 0.726. The van der Waals surface area contributed by atoms with Gasteiger partial charge in [-0.15, -0.1) is 11.3 Å². The number of morpholine rings is 1. The topological polar surface area (TPSA) is 101 Å². The van der Waals surface area contributed by atoms with Crippen molar-refractivity contribution < 1.29 is 31.1 Å². The van der Waals surface area contributed by atoms with Gasteiger partial charge in [0.05, 0.1) is 18.8 Å². The molecule has 2 N–H and O–H groups in total. The van der Waals surface area contributed by atoms with Gasteiger partial charge in [-0.05, 0) is 24.6 Å². The summed E-state index contributed by atoms with van der Waals surface area (Å²) in [6.07, 6.45) is -4.49. The van der Waals surface area contributed by atoms with Crippen LogP contribution in [0.1, 0.15) is 21.6 Å². The van der Waals surface area contributed by atoms with Gasteiger partial charge in [-0.25, -0.2) is 9.71 Å². The van der Waals surface area contributed by atoms with E-state index < -0.39 is 27.9 Å². The summed E-state index contributed by atoms with van der Waals surface area (Å²) in [4.78, 5) is 16.2. The number of aryl methyl sites for hydroxylation is 1. The number of hydrogen-bond donors (Lipinski definition) is 2. The lowest BCUT2D eigenvalue weighted by atomic mass is 10.1. The van der Waals surface area contributed by atoms with Crippen molar-refractivity contribution >= 4 is 38.3 Å². The number of carbonyl (C=O) groups excluding carboxylic acids is 1. The van der Waals surface area contributed by atoms with E-state index in [4.69, 9.17) is 4.74 Å². The van der Waals surface area contributed by atoms with Crippen molar-refractivity contribution in [2.75, 3.05) is 31.6 Å². The second-order valence-electron chi connectivity index (χ2n) is 6.14. The Labute approximate surface area is 168 Å². The lowest BCUT2D eigenvalue weighted by molar-refractivity contribution is -0.137. The highest BCUT2D eigenvalue weighted by Gasteiger charge is 2.31. The number of nitrogens with one attached hydrogen (secondary N) is 2. The number of amides is 1. The van der Waals surface area contributed by atoms with Crippen LogP contribution >= 0.6 is 11.3 Å². The molecule has 2 heterocycles. The second-order valence-corrected chi connectivity index (χ2v) is 8.67. The number of benzene rings is 1. The van der Waals surface area contributed by atoms with Gasteiger partial charge in [0.25, 0.3) is 5.91 Å². The fourth-order valence-electron chi connectivity index (χ4n) is 2.50. The molecule has 0 radical (unpaired) electrons. The van der Waals surface area contributed by atoms with Gasteiger partial charge in [0.15, 0.2) is 5.13 Å². The van der Waals surface area contributed by atoms with Gasteiger partial charge < -0.3 is 10.1 Å². The Morgan fingerprint density at radius 3 is 2.62 bits per heavy atom. The van der Waals surface area contributed by atoms with Crippen LogP contribution in [0, 0.1) is 6.92 Å². The van der Waals surface area contributed by atoms with Gasteiger partial charge in [0, 0.05) is 24.2 Å². The highest BCUT2D eigenvalue weighted by molar-refractivity contribution is 7.87. The zero-order valence-corrected chi connectivity index (χ0v) is 16.7. The van der Waals surface area contributed by atoms with Gasteiger partial charge >= 0.3 is 16.4 Å². The lowest BCUT2D eigenvalue weighted by Gasteiger charge is -2.25. The molecule has 29 heavy (non-hydrogen) atoms. The van der Waals surface area contributed by atoms with Crippen molar-refractivity contribution in [2.45, 2.75) is 13.1 Å². The molecule has 1 fully saturated rings. The van der Waals surface area contributed by atoms with E-state index in [0.717, 1.165) is 27.8 Å². The van der Waals surface area contributed by atoms with Crippen molar-refractivity contribution in [3.63, 3.8) is 0 Å². The second kappa shape index (κ2) is 8.26. The Morgan fingerprint density at radius 2 is 1.97 bits per heavy atom. The third kappa shape index (κ3) is 5.23. The number of nitrogens with zero attached hydrogens (tertiary/aromatic N) is 2. The molecule has 1 aliphatic rings. The summed E-state index contributed by atoms with van der Waals surface area (Å²) in [5.74, 6) is -0.929. The Morgan fingerprint density at radius 1 is 1.28 bits per heavy atom. The smallest absolute Gasteiger partial charge is 0.379 e. The molecular weight excluding hydrogens is 433 g/mol. The molecule has 1 aromatic heterocycles. The molecule has 1 saturated heterocycles. The average molecular weight is 450 g/mol. The summed E-state index contributed by atoms with van der Waals surface area (Å²) in [6.45, 7) is 2.34. The molecule has 0 saturated carbocycles. The molecule has 1 aliphatic heterocycles. The molecule has 0 aliphatic carbocycles. The minimum Gasteiger partial charge on any atom is -0.379 e. The first-order valence-electron chi connectivity index (χ1n) is 8.36. The van der Waals surface area contributed by atoms with E-state index in [1.807, 2.05) is 4.72 Å². The average Bonchev–Trinajstić information content (AvgIpc) is 3.12. The van der Waals surface area contributed by atoms with Crippen LogP contribution in [0.5, 0.6) is 0 Å². The van der Waals surface area contributed by atoms with Crippen molar-refractivity contribution in [1.29, 1.82) is 0 Å². The molecule has 1 aromatic carbocycles. The standard InChI is InChI=1S/C16H17F3N4O4S2/c1-10-2-3-11(16(17,18)19)8-12(10)20-15-21-13(9-28-15)14(24)22-29(25,26)23-4-6-27-7-5-23/h2-3,8-9H,4-7H2,1H3,(H,20,21)(H,22,24). The van der Waals surface area contributed by atoms with Crippen molar-refractivity contribution in [1.82, 2.24) is 14.0 Å². The summed E-state index contributed by atoms with van der Waals surface area (Å²) in [5, 5.41) is 4.21. The van der Waals surface area contributed by atoms with Crippen LogP contribution in [0.25, 0.3) is 0 Å². The highest BCUT2D eigenvalue weighted by Crippen LogP contribution is 2.33. The van der Waals surface area contributed by atoms with Crippen molar-refractivity contribution in [3.8, 4) is 0 Å². The predicted octanol–water partition coefficient (Wildman–Crippen LogP) is 2.52. The summed E-state index contributed by atoms with van der Waals surface area (Å²) in [7, 11) is -4.04. The van der Waals surface area contributed by atoms with Gasteiger partial charge in [-0.2, -0.15) is 25.9 Å². The summed E-state index contributed by atoms with van der Waals surface area (Å²) in [6, 6.07) is 3.23. The van der Waals surface area contributed by atoms with E-state index in [2.05, 4.69) is 10.3 Å². The SMILES string of the molecule is Cc1ccc(C(F)(F)F)cc1Nc1nc(C(=O)NS(=O)(=O)N2CCOCC2)cs1. The summed E-state index contributed by atoms with van der Waals surface area (Å²) >= 11 is 0.964. The molecular formula is C16H17F3N4O4S2. The third-order valence-corrected chi connectivity index (χ3v) is 6.32. The third-order valence-electron chi connectivity index (χ3n) is 4.07. The molecule has 1 amide bonds. The number of carbonyl (C=O) groups is 1. The monoisotopic (exact) mass is 450 g/mol. The maximum atomic E-state index is 12.9. The number of aromatic nitrogens is 1. The molecule has 0 unspecified atom stereocenters. The maximum absolute atomic E-state index is 12.9. The molecule has 2 aromatic rings. The number of hydrogen-bond acceptors (Lipinski definition) is 7. The Hall–Kier alpha value is -2.22. The summed E-state index contributed by atoms with van der Waals surface area (Å²) < 4.78 is 71.3. The number of ether oxygens (including phenoxy) is 1. The lowest BCUT2D eigenvalue weighted by Crippen LogP contribution is -2.48.